The molecule has 3 rings (SSSR count). The van der Waals surface area contributed by atoms with Crippen LogP contribution in [0.4, 0.5) is 10.1 Å². The monoisotopic (exact) mass is 435 g/mol. The molecule has 8 nitrogen and oxygen atoms in total. The predicted octanol–water partition coefficient (Wildman–Crippen LogP) is 2.53. The van der Waals surface area contributed by atoms with Crippen LogP contribution in [0.25, 0.3) is 0 Å². The minimum Gasteiger partial charge on any atom is -0.364 e. The Bertz CT molecular complexity index is 985. The van der Waals surface area contributed by atoms with Gasteiger partial charge in [0.2, 0.25) is 5.91 Å². The van der Waals surface area contributed by atoms with Crippen LogP contribution in [0.2, 0.25) is 5.02 Å². The van der Waals surface area contributed by atoms with E-state index in [4.69, 9.17) is 17.3 Å². The molecule has 0 unspecified atom stereocenters. The van der Waals surface area contributed by atoms with Gasteiger partial charge in [0, 0.05) is 26.1 Å². The van der Waals surface area contributed by atoms with Gasteiger partial charge in [-0.25, -0.2) is 9.37 Å². The van der Waals surface area contributed by atoms with Crippen LogP contribution in [-0.2, 0) is 4.79 Å². The van der Waals surface area contributed by atoms with Gasteiger partial charge in [-0.3, -0.25) is 14.4 Å². The van der Waals surface area contributed by atoms with Crippen molar-refractivity contribution >= 4 is 35.0 Å². The molecule has 10 heteroatoms. The Morgan fingerprint density at radius 2 is 1.93 bits per heavy atom. The Labute approximate surface area is 178 Å². The molecule has 0 aliphatic heterocycles. The van der Waals surface area contributed by atoms with E-state index in [1.165, 1.54) is 36.5 Å². The third-order valence-electron chi connectivity index (χ3n) is 5.51. The molecule has 0 bridgehead atoms. The van der Waals surface area contributed by atoms with Crippen molar-refractivity contribution in [3.63, 3.8) is 0 Å². The smallest absolute Gasteiger partial charge is 0.272 e. The summed E-state index contributed by atoms with van der Waals surface area (Å²) in [7, 11) is 3.07. The third-order valence-corrected chi connectivity index (χ3v) is 5.81. The number of hydrogen-bond donors (Lipinski definition) is 2. The molecule has 1 aliphatic carbocycles. The van der Waals surface area contributed by atoms with E-state index in [9.17, 15) is 18.8 Å². The van der Waals surface area contributed by atoms with Crippen molar-refractivity contribution < 1.29 is 18.8 Å². The number of primary amides is 1. The third kappa shape index (κ3) is 4.16. The standard InChI is InChI=1S/C20H23ClFN5O3/c1-24-19(29)16-17(18(23)28)27(10-25-16)13-6-3-11(4-7-13)20(30)26(2)15-8-5-12(22)9-14(15)21/h5,8-11,13H,3-4,6-7H2,1-2H3,(H2,23,28)(H,24,29)/t11-,13-. The second kappa shape index (κ2) is 8.83. The van der Waals surface area contributed by atoms with Crippen LogP contribution in [0.15, 0.2) is 24.5 Å². The number of nitrogens with zero attached hydrogens (tertiary/aromatic N) is 3. The normalized spacial score (nSPS) is 18.7. The second-order valence-corrected chi connectivity index (χ2v) is 7.70. The van der Waals surface area contributed by atoms with Gasteiger partial charge >= 0.3 is 0 Å². The van der Waals surface area contributed by atoms with Crippen LogP contribution in [-0.4, -0.2) is 41.4 Å². The SMILES string of the molecule is CNC(=O)c1ncn([C@H]2CC[C@H](C(=O)N(C)c3ccc(F)cc3Cl)CC2)c1C(N)=O. The van der Waals surface area contributed by atoms with Crippen molar-refractivity contribution in [2.24, 2.45) is 11.7 Å². The highest BCUT2D eigenvalue weighted by Gasteiger charge is 2.32. The van der Waals surface area contributed by atoms with Crippen LogP contribution < -0.4 is 16.0 Å². The van der Waals surface area contributed by atoms with E-state index in [-0.39, 0.29) is 34.3 Å². The number of imidazole rings is 1. The molecule has 0 spiro atoms. The second-order valence-electron chi connectivity index (χ2n) is 7.29. The number of anilines is 1. The molecule has 1 aliphatic rings. The summed E-state index contributed by atoms with van der Waals surface area (Å²) in [5.41, 5.74) is 6.00. The lowest BCUT2D eigenvalue weighted by Gasteiger charge is -2.32. The molecule has 1 heterocycles. The summed E-state index contributed by atoms with van der Waals surface area (Å²) in [5.74, 6) is -2.01. The lowest BCUT2D eigenvalue weighted by atomic mass is 9.85. The van der Waals surface area contributed by atoms with Crippen molar-refractivity contribution in [1.29, 1.82) is 0 Å². The number of nitrogens with two attached hydrogens (primary N) is 1. The van der Waals surface area contributed by atoms with Gasteiger partial charge in [0.15, 0.2) is 5.69 Å². The highest BCUT2D eigenvalue weighted by atomic mass is 35.5. The van der Waals surface area contributed by atoms with Crippen LogP contribution in [0, 0.1) is 11.7 Å². The molecule has 0 saturated heterocycles. The minimum absolute atomic E-state index is 0.00566. The van der Waals surface area contributed by atoms with E-state index in [0.29, 0.717) is 31.4 Å². The Morgan fingerprint density at radius 1 is 1.27 bits per heavy atom. The van der Waals surface area contributed by atoms with Gasteiger partial charge in [0.25, 0.3) is 11.8 Å². The number of rotatable bonds is 5. The van der Waals surface area contributed by atoms with Crippen molar-refractivity contribution in [2.45, 2.75) is 31.7 Å². The van der Waals surface area contributed by atoms with Gasteiger partial charge in [-0.1, -0.05) is 11.6 Å². The topological polar surface area (TPSA) is 110 Å². The van der Waals surface area contributed by atoms with Crippen molar-refractivity contribution in [3.05, 3.63) is 46.8 Å². The van der Waals surface area contributed by atoms with E-state index in [1.807, 2.05) is 0 Å². The van der Waals surface area contributed by atoms with E-state index in [1.54, 1.807) is 11.6 Å². The van der Waals surface area contributed by atoms with E-state index in [2.05, 4.69) is 10.3 Å². The van der Waals surface area contributed by atoms with Gasteiger partial charge in [-0.2, -0.15) is 0 Å². The quantitative estimate of drug-likeness (QED) is 0.751. The maximum absolute atomic E-state index is 13.3. The molecular weight excluding hydrogens is 413 g/mol. The van der Waals surface area contributed by atoms with Crippen molar-refractivity contribution in [3.8, 4) is 0 Å². The lowest BCUT2D eigenvalue weighted by Crippen LogP contribution is -2.36. The van der Waals surface area contributed by atoms with Gasteiger partial charge in [0.1, 0.15) is 11.5 Å². The molecule has 1 aromatic heterocycles. The molecule has 0 atom stereocenters. The fourth-order valence-electron chi connectivity index (χ4n) is 3.91. The first-order chi connectivity index (χ1) is 14.2. The minimum atomic E-state index is -0.727. The van der Waals surface area contributed by atoms with E-state index >= 15 is 0 Å². The molecule has 30 heavy (non-hydrogen) atoms. The van der Waals surface area contributed by atoms with Crippen molar-refractivity contribution in [2.75, 3.05) is 19.0 Å². The molecule has 1 aromatic carbocycles. The Balaban J connectivity index is 1.72. The molecule has 0 radical (unpaired) electrons. The average molecular weight is 436 g/mol. The summed E-state index contributed by atoms with van der Waals surface area (Å²) in [6.07, 6.45) is 3.84. The maximum atomic E-state index is 13.3. The number of hydrogen-bond acceptors (Lipinski definition) is 4. The number of nitrogens with one attached hydrogen (secondary N) is 1. The summed E-state index contributed by atoms with van der Waals surface area (Å²) in [6, 6.07) is 3.82. The summed E-state index contributed by atoms with van der Waals surface area (Å²) < 4.78 is 14.9. The first kappa shape index (κ1) is 21.8. The summed E-state index contributed by atoms with van der Waals surface area (Å²) in [4.78, 5) is 42.3. The molecule has 160 valence electrons. The Kier molecular flexibility index (Phi) is 6.40. The molecule has 3 amide bonds. The molecule has 3 N–H and O–H groups in total. The largest absolute Gasteiger partial charge is 0.364 e. The zero-order chi connectivity index (χ0) is 22.0. The van der Waals surface area contributed by atoms with Crippen LogP contribution in [0.3, 0.4) is 0 Å². The number of benzene rings is 1. The number of halogens is 2. The van der Waals surface area contributed by atoms with Crippen LogP contribution in [0.5, 0.6) is 0 Å². The van der Waals surface area contributed by atoms with Gasteiger partial charge in [-0.05, 0) is 43.9 Å². The maximum Gasteiger partial charge on any atom is 0.272 e. The summed E-state index contributed by atoms with van der Waals surface area (Å²) in [5, 5.41) is 2.62. The van der Waals surface area contributed by atoms with Gasteiger partial charge < -0.3 is 20.5 Å². The van der Waals surface area contributed by atoms with Gasteiger partial charge in [0.05, 0.1) is 17.0 Å². The first-order valence-corrected chi connectivity index (χ1v) is 9.93. The molecular formula is C20H23ClFN5O3. The highest BCUT2D eigenvalue weighted by Crippen LogP contribution is 2.36. The van der Waals surface area contributed by atoms with E-state index in [0.717, 1.165) is 0 Å². The number of aromatic nitrogens is 2. The average Bonchev–Trinajstić information content (AvgIpc) is 3.18. The first-order valence-electron chi connectivity index (χ1n) is 9.55. The van der Waals surface area contributed by atoms with Crippen LogP contribution in [0.1, 0.15) is 52.7 Å². The summed E-state index contributed by atoms with van der Waals surface area (Å²) >= 11 is 6.08. The van der Waals surface area contributed by atoms with Crippen LogP contribution >= 0.6 is 11.6 Å². The van der Waals surface area contributed by atoms with Gasteiger partial charge in [-0.15, -0.1) is 0 Å². The number of carbonyl (C=O) groups is 3. The fraction of sp³-hybridized carbons (Fsp3) is 0.400. The number of amides is 3. The highest BCUT2D eigenvalue weighted by molar-refractivity contribution is 6.33. The Hall–Kier alpha value is -2.94. The van der Waals surface area contributed by atoms with E-state index < -0.39 is 17.6 Å². The molecule has 1 saturated carbocycles. The fourth-order valence-corrected chi connectivity index (χ4v) is 4.21. The lowest BCUT2D eigenvalue weighted by molar-refractivity contribution is -0.123. The molecule has 2 aromatic rings. The predicted molar refractivity (Wildman–Crippen MR) is 110 cm³/mol. The molecule has 1 fully saturated rings. The number of carbonyl (C=O) groups excluding carboxylic acids is 3. The zero-order valence-corrected chi connectivity index (χ0v) is 17.4. The van der Waals surface area contributed by atoms with Crippen molar-refractivity contribution in [1.82, 2.24) is 14.9 Å². The zero-order valence-electron chi connectivity index (χ0n) is 16.7. The Morgan fingerprint density at radius 3 is 2.50 bits per heavy atom. The summed E-state index contributed by atoms with van der Waals surface area (Å²) in [6.45, 7) is 0.